The predicted octanol–water partition coefficient (Wildman–Crippen LogP) is 23.4. The van der Waals surface area contributed by atoms with Crippen molar-refractivity contribution in [3.8, 4) is 0 Å². The van der Waals surface area contributed by atoms with E-state index in [1.54, 1.807) is 0 Å². The van der Waals surface area contributed by atoms with E-state index in [4.69, 9.17) is 28.7 Å². The van der Waals surface area contributed by atoms with Crippen LogP contribution < -0.4 is 55.3 Å². The van der Waals surface area contributed by atoms with E-state index >= 15 is 0 Å². The molecule has 10 unspecified atom stereocenters. The topological polar surface area (TPSA) is 231 Å². The minimum atomic E-state index is -0.416. The number of halogens is 10. The molecule has 600 valence electrons. The van der Waals surface area contributed by atoms with Crippen molar-refractivity contribution in [3.63, 3.8) is 0 Å². The summed E-state index contributed by atoms with van der Waals surface area (Å²) in [5.41, 5.74) is 43.0. The highest BCUT2D eigenvalue weighted by Gasteiger charge is 2.60. The molecule has 0 spiro atoms. The third-order valence-corrected chi connectivity index (χ3v) is 36.0. The highest BCUT2D eigenvalue weighted by Crippen LogP contribution is 2.65. The van der Waals surface area contributed by atoms with Gasteiger partial charge in [0.05, 0.1) is 39.6 Å². The molecule has 10 atom stereocenters. The summed E-state index contributed by atoms with van der Waals surface area (Å²) in [5.74, 6) is 9.99. The first-order valence-electron chi connectivity index (χ1n) is 41.3. The monoisotopic (exact) mass is 2130 g/mol. The van der Waals surface area contributed by atoms with Gasteiger partial charge in [0, 0.05) is 106 Å². The Morgan fingerprint density at radius 3 is 0.827 bits per heavy atom. The first-order valence-corrected chi connectivity index (χ1v) is 49.2. The molecule has 0 radical (unpaired) electrons. The smallest absolute Gasteiger partial charge is 0.0670 e. The number of benzene rings is 5. The molecule has 12 nitrogen and oxygen atoms in total. The van der Waals surface area contributed by atoms with Gasteiger partial charge in [0.25, 0.3) is 0 Å². The van der Waals surface area contributed by atoms with Gasteiger partial charge in [0.2, 0.25) is 0 Å². The van der Waals surface area contributed by atoms with Crippen molar-refractivity contribution in [1.29, 1.82) is 0 Å². The lowest BCUT2D eigenvalue weighted by molar-refractivity contribution is -0.142. The van der Waals surface area contributed by atoms with E-state index in [2.05, 4.69) is 237 Å². The molecule has 20 aliphatic carbocycles. The van der Waals surface area contributed by atoms with Crippen LogP contribution in [0.15, 0.2) is 105 Å². The molecule has 0 heterocycles. The second kappa shape index (κ2) is 32.2. The second-order valence-electron chi connectivity index (χ2n) is 40.2. The van der Waals surface area contributed by atoms with Gasteiger partial charge in [-0.15, -0.1) is 0 Å². The van der Waals surface area contributed by atoms with Gasteiger partial charge in [-0.3, -0.25) is 0 Å². The van der Waals surface area contributed by atoms with Crippen LogP contribution >= 0.6 is 159 Å². The molecule has 17 N–H and O–H groups in total. The Morgan fingerprint density at radius 2 is 0.545 bits per heavy atom. The zero-order valence-corrected chi connectivity index (χ0v) is 80.1. The van der Waals surface area contributed by atoms with Crippen LogP contribution in [-0.4, -0.2) is 50.1 Å². The molecule has 110 heavy (non-hydrogen) atoms. The molecule has 0 aliphatic heterocycles. The summed E-state index contributed by atoms with van der Waals surface area (Å²) in [5, 5.41) is 40.8. The van der Waals surface area contributed by atoms with E-state index in [0.29, 0.717) is 63.1 Å². The fourth-order valence-electron chi connectivity index (χ4n) is 28.6. The zero-order valence-electron chi connectivity index (χ0n) is 64.3. The molecule has 20 bridgehead atoms. The first-order chi connectivity index (χ1) is 52.0. The van der Waals surface area contributed by atoms with Gasteiger partial charge in [0.15, 0.2) is 0 Å². The number of anilines is 5. The van der Waals surface area contributed by atoms with Crippen LogP contribution in [0.4, 0.5) is 28.4 Å². The van der Waals surface area contributed by atoms with Gasteiger partial charge in [-0.1, -0.05) is 100 Å². The number of nitrogen functional groups attached to an aromatic ring is 5. The summed E-state index contributed by atoms with van der Waals surface area (Å²) in [6.07, 6.45) is 36.4. The van der Waals surface area contributed by atoms with Crippen LogP contribution in [0.1, 0.15) is 228 Å². The Labute approximate surface area is 738 Å². The third kappa shape index (κ3) is 18.2. The number of nitrogens with one attached hydrogen (secondary N) is 5. The summed E-state index contributed by atoms with van der Waals surface area (Å²) < 4.78 is 10.2. The molecular formula is C88H116Br10N10O2. The summed E-state index contributed by atoms with van der Waals surface area (Å²) in [6, 6.07) is 21.9. The van der Waals surface area contributed by atoms with Gasteiger partial charge in [-0.2, -0.15) is 0 Å². The van der Waals surface area contributed by atoms with Gasteiger partial charge in [-0.05, 0) is 435 Å². The van der Waals surface area contributed by atoms with Crippen LogP contribution in [0.2, 0.25) is 0 Å². The molecular weight excluding hydrogens is 2030 g/mol. The lowest BCUT2D eigenvalue weighted by atomic mass is 9.47. The lowest BCUT2D eigenvalue weighted by Gasteiger charge is -2.61. The Kier molecular flexibility index (Phi) is 24.4. The molecule has 5 aromatic carbocycles. The normalized spacial score (nSPS) is 39.4. The van der Waals surface area contributed by atoms with Crippen molar-refractivity contribution in [3.05, 3.63) is 133 Å². The quantitative estimate of drug-likeness (QED) is 0.0439. The van der Waals surface area contributed by atoms with Crippen LogP contribution in [0.25, 0.3) is 0 Å². The minimum Gasteiger partial charge on any atom is -0.398 e. The number of rotatable bonds is 15. The van der Waals surface area contributed by atoms with E-state index < -0.39 is 5.60 Å². The Bertz CT molecular complexity index is 3860. The van der Waals surface area contributed by atoms with E-state index in [9.17, 15) is 10.2 Å². The predicted molar refractivity (Wildman–Crippen MR) is 487 cm³/mol. The van der Waals surface area contributed by atoms with Crippen molar-refractivity contribution in [2.24, 2.45) is 87.3 Å². The molecule has 20 aliphatic rings. The largest absolute Gasteiger partial charge is 0.398 e. The van der Waals surface area contributed by atoms with Crippen LogP contribution in [0.5, 0.6) is 0 Å². The molecule has 20 saturated carbocycles. The van der Waals surface area contributed by atoms with Crippen molar-refractivity contribution in [2.75, 3.05) is 28.7 Å². The highest BCUT2D eigenvalue weighted by molar-refractivity contribution is 9.12. The molecule has 5 aromatic rings. The molecule has 0 saturated heterocycles. The van der Waals surface area contributed by atoms with E-state index in [1.807, 2.05) is 30.3 Å². The maximum absolute atomic E-state index is 10.8. The Balaban J connectivity index is 0.000000104. The number of nitrogens with two attached hydrogens (primary N) is 5. The lowest BCUT2D eigenvalue weighted by Crippen LogP contribution is -2.64. The average molecular weight is 2150 g/mol. The summed E-state index contributed by atoms with van der Waals surface area (Å²) in [4.78, 5) is 0. The molecule has 0 amide bonds. The summed E-state index contributed by atoms with van der Waals surface area (Å²) in [7, 11) is 0. The Hall–Kier alpha value is -0.380. The van der Waals surface area contributed by atoms with E-state index in [-0.39, 0.29) is 11.1 Å². The average Bonchev–Trinajstić information content (AvgIpc) is 0.451. The van der Waals surface area contributed by atoms with Gasteiger partial charge in [0.1, 0.15) is 0 Å². The van der Waals surface area contributed by atoms with Gasteiger partial charge < -0.3 is 65.5 Å². The molecule has 20 fully saturated rings. The first kappa shape index (κ1) is 83.3. The standard InChI is InChI=1S/3C18H24Br2N2.2C17H22Br2N2O/c2*1-17-5-11-2-12(6-17)8-18(7-11,10-17)22-9-13-3-14(19)4-15(20)16(13)21;1-18-6-10-2-11(7-18)17(12(3-10)8-18)22-9-13-4-14(19)5-15(20)16(13)21;18-13-2-12(15(20)14(19)3-13)8-21-16-4-10-1-11(5-16)7-17(22,6-10)9-16;18-13-3-12(15(20)14(19)4-13)8-21-16-10-1-9-2-11(16)7-17(22,5-9)6-10/h2*3-4,11-12,22H,2,5-10,21H2,1H3;4-5,10-12,17,22H,2-3,6-9,21H2,1H3;2-3,10-11,21-22H,1,4-9,20H2;3-4,9-11,16,21-22H,1-2,5-8,20H2. The third-order valence-electron chi connectivity index (χ3n) is 30.5. The highest BCUT2D eigenvalue weighted by atomic mass is 79.9. The maximum Gasteiger partial charge on any atom is 0.0670 e. The SMILES string of the molecule is CC12CC3CC(C1)C(NCc1cc(Br)cc(Br)c1N)C(C3)C2.CC12CC3CC(C1)CC(NCc1cc(Br)cc(Br)c1N)(C3)C2.CC12CC3CC(C1)CC(NCc1cc(Br)cc(Br)c1N)(C3)C2.Nc1c(Br)cc(Br)cc1CNC12CC3CC(CC(O)(C3)C1)C2.Nc1c(Br)cc(Br)cc1CNC1C2CC3CC1CC(O)(C3)C2. The minimum absolute atomic E-state index is 0.111. The van der Waals surface area contributed by atoms with Crippen molar-refractivity contribution < 1.29 is 10.2 Å². The van der Waals surface area contributed by atoms with E-state index in [1.165, 1.54) is 158 Å². The maximum atomic E-state index is 10.8. The Morgan fingerprint density at radius 1 is 0.291 bits per heavy atom. The zero-order chi connectivity index (χ0) is 77.6. The van der Waals surface area contributed by atoms with Crippen molar-refractivity contribution in [1.82, 2.24) is 26.6 Å². The number of hydrogen-bond donors (Lipinski definition) is 12. The van der Waals surface area contributed by atoms with Crippen molar-refractivity contribution >= 4 is 188 Å². The molecule has 22 heteroatoms. The fraction of sp³-hybridized carbons (Fsp3) is 0.659. The summed E-state index contributed by atoms with van der Waals surface area (Å²) >= 11 is 35.5. The molecule has 25 rings (SSSR count). The fourth-order valence-corrected chi connectivity index (χ4v) is 35.1. The van der Waals surface area contributed by atoms with E-state index in [0.717, 1.165) is 203 Å². The van der Waals surface area contributed by atoms with Gasteiger partial charge >= 0.3 is 0 Å². The van der Waals surface area contributed by atoms with Gasteiger partial charge in [-0.25, -0.2) is 0 Å². The number of hydrogen-bond acceptors (Lipinski definition) is 12. The van der Waals surface area contributed by atoms with Crippen molar-refractivity contribution in [2.45, 2.75) is 273 Å². The number of aliphatic hydroxyl groups is 2. The second-order valence-corrected chi connectivity index (χ2v) is 49.1. The van der Waals surface area contributed by atoms with Crippen LogP contribution in [-0.2, 0) is 32.7 Å². The summed E-state index contributed by atoms with van der Waals surface area (Å²) in [6.45, 7) is 11.7. The van der Waals surface area contributed by atoms with Crippen LogP contribution in [0, 0.1) is 87.3 Å². The van der Waals surface area contributed by atoms with Crippen LogP contribution in [0.3, 0.4) is 0 Å². The molecule has 0 aromatic heterocycles.